The summed E-state index contributed by atoms with van der Waals surface area (Å²) in [4.78, 5) is 44.2. The van der Waals surface area contributed by atoms with Crippen LogP contribution in [0.3, 0.4) is 0 Å². The second kappa shape index (κ2) is 6.39. The Labute approximate surface area is 108 Å². The molecule has 7 nitrogen and oxygen atoms in total. The number of hydrogen-bond acceptors (Lipinski definition) is 6. The monoisotopic (exact) mass is 265 g/mol. The predicted molar refractivity (Wildman–Crippen MR) is 63.7 cm³/mol. The zero-order valence-electron chi connectivity index (χ0n) is 10.1. The molecule has 0 aliphatic carbocycles. The highest BCUT2D eigenvalue weighted by Gasteiger charge is 2.24. The first-order valence-electron chi connectivity index (χ1n) is 5.44. The van der Waals surface area contributed by atoms with Crippen LogP contribution in [0.15, 0.2) is 24.3 Å². The molecule has 0 aliphatic rings. The lowest BCUT2D eigenvalue weighted by Crippen LogP contribution is -2.21. The minimum atomic E-state index is -1.12. The quantitative estimate of drug-likeness (QED) is 0.192. The van der Waals surface area contributed by atoms with Gasteiger partial charge in [-0.3, -0.25) is 19.7 Å². The van der Waals surface area contributed by atoms with Gasteiger partial charge in [-0.25, -0.2) is 4.79 Å². The topological polar surface area (TPSA) is 104 Å². The van der Waals surface area contributed by atoms with Crippen LogP contribution in [0.2, 0.25) is 0 Å². The molecule has 0 spiro atoms. The number of rotatable bonds is 6. The third kappa shape index (κ3) is 3.70. The number of carbonyl (C=O) groups is 3. The van der Waals surface area contributed by atoms with E-state index in [2.05, 4.69) is 4.74 Å². The maximum absolute atomic E-state index is 11.8. The van der Waals surface area contributed by atoms with Crippen molar-refractivity contribution in [1.29, 1.82) is 0 Å². The van der Waals surface area contributed by atoms with Crippen molar-refractivity contribution in [2.24, 2.45) is 0 Å². The van der Waals surface area contributed by atoms with Crippen molar-refractivity contribution >= 4 is 23.2 Å². The Morgan fingerprint density at radius 2 is 1.89 bits per heavy atom. The van der Waals surface area contributed by atoms with E-state index in [-0.39, 0.29) is 12.2 Å². The van der Waals surface area contributed by atoms with Gasteiger partial charge in [0.2, 0.25) is 5.78 Å². The van der Waals surface area contributed by atoms with E-state index in [1.165, 1.54) is 25.1 Å². The molecule has 0 saturated heterocycles. The number of nitro groups is 1. The Hall–Kier alpha value is -2.57. The van der Waals surface area contributed by atoms with Gasteiger partial charge in [-0.05, 0) is 13.0 Å². The van der Waals surface area contributed by atoms with E-state index in [1.54, 1.807) is 0 Å². The maximum Gasteiger partial charge on any atom is 0.375 e. The van der Waals surface area contributed by atoms with Gasteiger partial charge in [0.15, 0.2) is 5.78 Å². The van der Waals surface area contributed by atoms with E-state index >= 15 is 0 Å². The number of Topliss-reactive ketones (excluding diaryl/α,β-unsaturated/α-hetero) is 2. The first kappa shape index (κ1) is 14.5. The molecule has 0 aromatic heterocycles. The van der Waals surface area contributed by atoms with E-state index in [0.29, 0.717) is 0 Å². The van der Waals surface area contributed by atoms with Gasteiger partial charge in [-0.1, -0.05) is 12.1 Å². The SMILES string of the molecule is CCOC(=O)C(=O)CC(=O)c1ccccc1[N+](=O)[O-]. The zero-order valence-corrected chi connectivity index (χ0v) is 10.1. The van der Waals surface area contributed by atoms with Gasteiger partial charge in [-0.2, -0.15) is 0 Å². The van der Waals surface area contributed by atoms with Crippen LogP contribution in [0.25, 0.3) is 0 Å². The van der Waals surface area contributed by atoms with Crippen LogP contribution in [-0.2, 0) is 14.3 Å². The molecular weight excluding hydrogens is 254 g/mol. The molecule has 1 aromatic carbocycles. The van der Waals surface area contributed by atoms with E-state index in [0.717, 1.165) is 6.07 Å². The van der Waals surface area contributed by atoms with Crippen LogP contribution in [0.1, 0.15) is 23.7 Å². The van der Waals surface area contributed by atoms with Gasteiger partial charge >= 0.3 is 5.97 Å². The summed E-state index contributed by atoms with van der Waals surface area (Å²) in [5.41, 5.74) is -0.602. The molecule has 0 saturated carbocycles. The summed E-state index contributed by atoms with van der Waals surface area (Å²) in [6, 6.07) is 5.23. The summed E-state index contributed by atoms with van der Waals surface area (Å²) in [5.74, 6) is -2.93. The number of para-hydroxylation sites is 1. The summed E-state index contributed by atoms with van der Waals surface area (Å²) in [5, 5.41) is 10.7. The average Bonchev–Trinajstić information content (AvgIpc) is 2.38. The van der Waals surface area contributed by atoms with Crippen molar-refractivity contribution in [3.05, 3.63) is 39.9 Å². The molecule has 100 valence electrons. The normalized spacial score (nSPS) is 9.74. The van der Waals surface area contributed by atoms with Crippen molar-refractivity contribution in [3.8, 4) is 0 Å². The Balaban J connectivity index is 2.88. The van der Waals surface area contributed by atoms with Crippen LogP contribution < -0.4 is 0 Å². The molecular formula is C12H11NO6. The van der Waals surface area contributed by atoms with E-state index < -0.39 is 34.6 Å². The Morgan fingerprint density at radius 1 is 1.26 bits per heavy atom. The first-order chi connectivity index (χ1) is 8.97. The molecule has 0 aliphatic heterocycles. The highest BCUT2D eigenvalue weighted by atomic mass is 16.6. The fraction of sp³-hybridized carbons (Fsp3) is 0.250. The molecule has 0 heterocycles. The Bertz CT molecular complexity index is 537. The van der Waals surface area contributed by atoms with Crippen molar-refractivity contribution in [3.63, 3.8) is 0 Å². The van der Waals surface area contributed by atoms with Crippen LogP contribution in [0.5, 0.6) is 0 Å². The molecule has 1 rings (SSSR count). The summed E-state index contributed by atoms with van der Waals surface area (Å²) in [6.07, 6.45) is -0.746. The second-order valence-electron chi connectivity index (χ2n) is 3.52. The van der Waals surface area contributed by atoms with Gasteiger partial charge in [-0.15, -0.1) is 0 Å². The third-order valence-corrected chi connectivity index (χ3v) is 2.23. The maximum atomic E-state index is 11.8. The minimum absolute atomic E-state index is 0.0181. The number of ketones is 2. The smallest absolute Gasteiger partial charge is 0.375 e. The molecule has 0 radical (unpaired) electrons. The number of nitro benzene ring substituents is 1. The van der Waals surface area contributed by atoms with Crippen LogP contribution in [-0.4, -0.2) is 29.1 Å². The molecule has 0 amide bonds. The summed E-state index contributed by atoms with van der Waals surface area (Å²) >= 11 is 0. The largest absolute Gasteiger partial charge is 0.460 e. The van der Waals surface area contributed by atoms with Crippen LogP contribution in [0, 0.1) is 10.1 Å². The molecule has 0 fully saturated rings. The lowest BCUT2D eigenvalue weighted by Gasteiger charge is -2.02. The van der Waals surface area contributed by atoms with E-state index in [4.69, 9.17) is 0 Å². The Morgan fingerprint density at radius 3 is 2.47 bits per heavy atom. The second-order valence-corrected chi connectivity index (χ2v) is 3.52. The predicted octanol–water partition coefficient (Wildman–Crippen LogP) is 1.30. The number of hydrogen-bond donors (Lipinski definition) is 0. The van der Waals surface area contributed by atoms with Crippen molar-refractivity contribution in [1.82, 2.24) is 0 Å². The summed E-state index contributed by atoms with van der Waals surface area (Å²) < 4.78 is 4.44. The van der Waals surface area contributed by atoms with E-state index in [9.17, 15) is 24.5 Å². The van der Waals surface area contributed by atoms with Crippen LogP contribution >= 0.6 is 0 Å². The zero-order chi connectivity index (χ0) is 14.4. The van der Waals surface area contributed by atoms with Gasteiger partial charge in [0.25, 0.3) is 5.69 Å². The molecule has 19 heavy (non-hydrogen) atoms. The molecule has 7 heteroatoms. The molecule has 0 bridgehead atoms. The number of carbonyl (C=O) groups excluding carboxylic acids is 3. The van der Waals surface area contributed by atoms with Gasteiger partial charge < -0.3 is 4.74 Å². The third-order valence-electron chi connectivity index (χ3n) is 2.23. The van der Waals surface area contributed by atoms with Crippen molar-refractivity contribution < 1.29 is 24.0 Å². The lowest BCUT2D eigenvalue weighted by molar-refractivity contribution is -0.385. The number of nitrogens with zero attached hydrogens (tertiary/aromatic N) is 1. The van der Waals surface area contributed by atoms with Crippen molar-refractivity contribution in [2.45, 2.75) is 13.3 Å². The number of ether oxygens (including phenoxy) is 1. The lowest BCUT2D eigenvalue weighted by atomic mass is 10.0. The highest BCUT2D eigenvalue weighted by molar-refractivity contribution is 6.38. The molecule has 1 aromatic rings. The Kier molecular flexibility index (Phi) is 4.87. The fourth-order valence-corrected chi connectivity index (χ4v) is 1.39. The van der Waals surface area contributed by atoms with Gasteiger partial charge in [0, 0.05) is 6.07 Å². The van der Waals surface area contributed by atoms with Gasteiger partial charge in [0.1, 0.15) is 0 Å². The first-order valence-corrected chi connectivity index (χ1v) is 5.44. The average molecular weight is 265 g/mol. The minimum Gasteiger partial charge on any atom is -0.460 e. The summed E-state index contributed by atoms with van der Waals surface area (Å²) in [6.45, 7) is 1.54. The molecule has 0 atom stereocenters. The van der Waals surface area contributed by atoms with E-state index in [1.807, 2.05) is 0 Å². The van der Waals surface area contributed by atoms with Gasteiger partial charge in [0.05, 0.1) is 23.5 Å². The highest BCUT2D eigenvalue weighted by Crippen LogP contribution is 2.19. The molecule has 0 N–H and O–H groups in total. The fourth-order valence-electron chi connectivity index (χ4n) is 1.39. The van der Waals surface area contributed by atoms with Crippen LogP contribution in [0.4, 0.5) is 5.69 Å². The summed E-state index contributed by atoms with van der Waals surface area (Å²) in [7, 11) is 0. The van der Waals surface area contributed by atoms with Crippen molar-refractivity contribution in [2.75, 3.05) is 6.61 Å². The number of benzene rings is 1. The number of esters is 1. The molecule has 0 unspecified atom stereocenters. The standard InChI is InChI=1S/C12H11NO6/c1-2-19-12(16)11(15)7-10(14)8-5-3-4-6-9(8)13(17)18/h3-6H,2,7H2,1H3.